The normalized spacial score (nSPS) is 31.7. The molecule has 3 heteroatoms. The van der Waals surface area contributed by atoms with Gasteiger partial charge in [-0.3, -0.25) is 0 Å². The summed E-state index contributed by atoms with van der Waals surface area (Å²) in [6.45, 7) is 0.714. The van der Waals surface area contributed by atoms with Crippen molar-refractivity contribution in [2.45, 2.75) is 25.7 Å². The molecule has 1 N–H and O–H groups in total. The summed E-state index contributed by atoms with van der Waals surface area (Å²) in [6.07, 6.45) is 4.36. The molecule has 0 aliphatic heterocycles. The Morgan fingerprint density at radius 2 is 2.09 bits per heavy atom. The van der Waals surface area contributed by atoms with Crippen LogP contribution in [0.3, 0.4) is 0 Å². The van der Waals surface area contributed by atoms with Gasteiger partial charge in [-0.15, -0.1) is 0 Å². The molecule has 0 saturated heterocycles. The quantitative estimate of drug-likeness (QED) is 0.632. The van der Waals surface area contributed by atoms with Gasteiger partial charge in [-0.25, -0.2) is 0 Å². The minimum atomic E-state index is 0.273. The first-order valence-corrected chi connectivity index (χ1v) is 4.26. The van der Waals surface area contributed by atoms with Crippen LogP contribution in [-0.4, -0.2) is 18.3 Å². The van der Waals surface area contributed by atoms with Gasteiger partial charge in [0, 0.05) is 6.61 Å². The van der Waals surface area contributed by atoms with E-state index in [1.54, 1.807) is 0 Å². The van der Waals surface area contributed by atoms with Crippen molar-refractivity contribution in [2.24, 2.45) is 17.0 Å². The van der Waals surface area contributed by atoms with Crippen molar-refractivity contribution in [1.29, 1.82) is 0 Å². The van der Waals surface area contributed by atoms with E-state index in [-0.39, 0.29) is 6.61 Å². The number of hydrogen-bond donors (Lipinski definition) is 1. The summed E-state index contributed by atoms with van der Waals surface area (Å²) in [7, 11) is 0. The molecular formula is C8H15NO2. The molecule has 64 valence electrons. The highest BCUT2D eigenvalue weighted by molar-refractivity contribution is 4.73. The number of hydrogen-bond acceptors (Lipinski definition) is 3. The van der Waals surface area contributed by atoms with Crippen LogP contribution in [0, 0.1) is 16.7 Å². The molecule has 0 aromatic carbocycles. The third-order valence-electron chi connectivity index (χ3n) is 2.48. The van der Waals surface area contributed by atoms with E-state index in [0.29, 0.717) is 18.4 Å². The molecule has 11 heavy (non-hydrogen) atoms. The van der Waals surface area contributed by atoms with E-state index in [2.05, 4.69) is 5.18 Å². The lowest BCUT2D eigenvalue weighted by molar-refractivity contribution is 0.163. The van der Waals surface area contributed by atoms with Crippen LogP contribution in [0.5, 0.6) is 0 Å². The van der Waals surface area contributed by atoms with Crippen molar-refractivity contribution in [3.63, 3.8) is 0 Å². The molecule has 2 atom stereocenters. The Kier molecular flexibility index (Phi) is 3.49. The fourth-order valence-corrected chi connectivity index (χ4v) is 1.84. The van der Waals surface area contributed by atoms with Gasteiger partial charge in [0.05, 0.1) is 6.54 Å². The first kappa shape index (κ1) is 8.65. The monoisotopic (exact) mass is 157 g/mol. The summed E-state index contributed by atoms with van der Waals surface area (Å²) in [4.78, 5) is 9.96. The molecule has 1 aliphatic rings. The van der Waals surface area contributed by atoms with Crippen LogP contribution in [-0.2, 0) is 0 Å². The molecule has 3 nitrogen and oxygen atoms in total. The number of rotatable bonds is 3. The summed E-state index contributed by atoms with van der Waals surface area (Å²) >= 11 is 0. The Hall–Kier alpha value is -0.440. The lowest BCUT2D eigenvalue weighted by atomic mass is 9.82. The van der Waals surface area contributed by atoms with Crippen molar-refractivity contribution in [3.8, 4) is 0 Å². The molecule has 1 aliphatic carbocycles. The summed E-state index contributed by atoms with van der Waals surface area (Å²) in [5.41, 5.74) is 0. The molecule has 1 rings (SSSR count). The minimum Gasteiger partial charge on any atom is -0.396 e. The molecule has 0 aromatic heterocycles. The zero-order valence-electron chi connectivity index (χ0n) is 6.70. The van der Waals surface area contributed by atoms with E-state index in [4.69, 9.17) is 5.11 Å². The van der Waals surface area contributed by atoms with Gasteiger partial charge in [0.15, 0.2) is 0 Å². The zero-order valence-corrected chi connectivity index (χ0v) is 6.70. The Bertz CT molecular complexity index is 127. The third-order valence-corrected chi connectivity index (χ3v) is 2.48. The molecule has 1 saturated carbocycles. The van der Waals surface area contributed by atoms with Gasteiger partial charge in [-0.2, -0.15) is 4.91 Å². The van der Waals surface area contributed by atoms with Gasteiger partial charge in [0.2, 0.25) is 0 Å². The van der Waals surface area contributed by atoms with E-state index in [0.717, 1.165) is 25.7 Å². The standard InChI is InChI=1S/C8H15NO2/c10-6-8-3-1-2-7(4-8)5-9-11/h7-8,10H,1-6H2. The van der Waals surface area contributed by atoms with Crippen LogP contribution in [0.15, 0.2) is 5.18 Å². The predicted octanol–water partition coefficient (Wildman–Crippen LogP) is 1.55. The topological polar surface area (TPSA) is 49.7 Å². The molecule has 0 heterocycles. The Balaban J connectivity index is 2.27. The van der Waals surface area contributed by atoms with E-state index in [9.17, 15) is 4.91 Å². The second-order valence-corrected chi connectivity index (χ2v) is 3.39. The van der Waals surface area contributed by atoms with Gasteiger partial charge in [-0.05, 0) is 31.1 Å². The summed E-state index contributed by atoms with van der Waals surface area (Å²) in [5, 5.41) is 11.8. The van der Waals surface area contributed by atoms with Crippen molar-refractivity contribution >= 4 is 0 Å². The summed E-state index contributed by atoms with van der Waals surface area (Å²) in [5.74, 6) is 0.869. The number of aliphatic hydroxyl groups excluding tert-OH is 1. The van der Waals surface area contributed by atoms with Crippen molar-refractivity contribution in [1.82, 2.24) is 0 Å². The van der Waals surface area contributed by atoms with Crippen molar-refractivity contribution < 1.29 is 5.11 Å². The molecule has 0 aromatic rings. The van der Waals surface area contributed by atoms with Crippen LogP contribution in [0.25, 0.3) is 0 Å². The molecule has 2 unspecified atom stereocenters. The molecule has 0 radical (unpaired) electrons. The predicted molar refractivity (Wildman–Crippen MR) is 43.2 cm³/mol. The Morgan fingerprint density at radius 3 is 2.73 bits per heavy atom. The summed E-state index contributed by atoms with van der Waals surface area (Å²) < 4.78 is 0. The highest BCUT2D eigenvalue weighted by Gasteiger charge is 2.21. The molecule has 0 spiro atoms. The van der Waals surface area contributed by atoms with Gasteiger partial charge in [0.25, 0.3) is 0 Å². The molecular weight excluding hydrogens is 142 g/mol. The highest BCUT2D eigenvalue weighted by Crippen LogP contribution is 2.28. The maximum Gasteiger partial charge on any atom is 0.0839 e. The van der Waals surface area contributed by atoms with Gasteiger partial charge in [-0.1, -0.05) is 11.6 Å². The third kappa shape index (κ3) is 2.58. The maximum atomic E-state index is 9.96. The lowest BCUT2D eigenvalue weighted by Gasteiger charge is -2.25. The number of aliphatic hydroxyl groups is 1. The van der Waals surface area contributed by atoms with Crippen molar-refractivity contribution in [3.05, 3.63) is 4.91 Å². The fourth-order valence-electron chi connectivity index (χ4n) is 1.84. The average molecular weight is 157 g/mol. The van der Waals surface area contributed by atoms with Crippen LogP contribution >= 0.6 is 0 Å². The van der Waals surface area contributed by atoms with Crippen molar-refractivity contribution in [2.75, 3.05) is 13.2 Å². The van der Waals surface area contributed by atoms with Crippen LogP contribution in [0.2, 0.25) is 0 Å². The Labute approximate surface area is 66.8 Å². The zero-order chi connectivity index (χ0) is 8.10. The number of nitroso groups, excluding NO2 is 1. The van der Waals surface area contributed by atoms with E-state index < -0.39 is 0 Å². The molecule has 0 amide bonds. The fraction of sp³-hybridized carbons (Fsp3) is 1.00. The van der Waals surface area contributed by atoms with Gasteiger partial charge in [0.1, 0.15) is 0 Å². The molecule has 1 fully saturated rings. The van der Waals surface area contributed by atoms with Crippen LogP contribution < -0.4 is 0 Å². The van der Waals surface area contributed by atoms with Crippen LogP contribution in [0.4, 0.5) is 0 Å². The smallest absolute Gasteiger partial charge is 0.0839 e. The first-order valence-electron chi connectivity index (χ1n) is 4.26. The van der Waals surface area contributed by atoms with E-state index in [1.807, 2.05) is 0 Å². The van der Waals surface area contributed by atoms with Crippen LogP contribution in [0.1, 0.15) is 25.7 Å². The minimum absolute atomic E-state index is 0.273. The average Bonchev–Trinajstić information content (AvgIpc) is 2.06. The van der Waals surface area contributed by atoms with Gasteiger partial charge >= 0.3 is 0 Å². The largest absolute Gasteiger partial charge is 0.396 e. The Morgan fingerprint density at radius 1 is 1.36 bits per heavy atom. The lowest BCUT2D eigenvalue weighted by Crippen LogP contribution is -2.19. The maximum absolute atomic E-state index is 9.96. The molecule has 0 bridgehead atoms. The summed E-state index contributed by atoms with van der Waals surface area (Å²) in [6, 6.07) is 0. The highest BCUT2D eigenvalue weighted by atomic mass is 16.3. The SMILES string of the molecule is O=NCC1CCCC(CO)C1. The number of nitrogens with zero attached hydrogens (tertiary/aromatic N) is 1. The second-order valence-electron chi connectivity index (χ2n) is 3.39. The first-order chi connectivity index (χ1) is 5.36. The van der Waals surface area contributed by atoms with Gasteiger partial charge < -0.3 is 5.11 Å². The van der Waals surface area contributed by atoms with E-state index >= 15 is 0 Å². The second kappa shape index (κ2) is 4.44. The van der Waals surface area contributed by atoms with E-state index in [1.165, 1.54) is 0 Å².